The fraction of sp³-hybridized carbons (Fsp3) is 0.474. The molecule has 2 heterocycles. The van der Waals surface area contributed by atoms with Crippen LogP contribution in [0.1, 0.15) is 30.5 Å². The summed E-state index contributed by atoms with van der Waals surface area (Å²) < 4.78 is 19.5. The summed E-state index contributed by atoms with van der Waals surface area (Å²) >= 11 is 0. The van der Waals surface area contributed by atoms with Crippen LogP contribution in [0.3, 0.4) is 0 Å². The van der Waals surface area contributed by atoms with Crippen molar-refractivity contribution in [1.82, 2.24) is 9.97 Å². The number of hydrogen-bond donors (Lipinski definition) is 2. The van der Waals surface area contributed by atoms with E-state index in [1.165, 1.54) is 6.07 Å². The van der Waals surface area contributed by atoms with Gasteiger partial charge in [-0.25, -0.2) is 9.37 Å². The second kappa shape index (κ2) is 8.91. The maximum atomic E-state index is 14.1. The van der Waals surface area contributed by atoms with Crippen LogP contribution in [0.4, 0.5) is 16.2 Å². The lowest BCUT2D eigenvalue weighted by Crippen LogP contribution is -2.25. The Hall–Kier alpha value is -2.25. The van der Waals surface area contributed by atoms with E-state index in [-0.39, 0.29) is 18.3 Å². The lowest BCUT2D eigenvalue weighted by molar-refractivity contribution is 0.193. The van der Waals surface area contributed by atoms with Gasteiger partial charge in [0, 0.05) is 43.8 Å². The van der Waals surface area contributed by atoms with Crippen LogP contribution in [0, 0.1) is 5.82 Å². The van der Waals surface area contributed by atoms with E-state index in [0.717, 1.165) is 24.5 Å². The van der Waals surface area contributed by atoms with Gasteiger partial charge in [0.2, 0.25) is 5.95 Å². The van der Waals surface area contributed by atoms with Gasteiger partial charge in [-0.05, 0) is 19.4 Å². The molecule has 1 aromatic carbocycles. The Kier molecular flexibility index (Phi) is 6.35. The number of aliphatic hydroxyl groups is 1. The standard InChI is InChI=1S/C19H25FN4O2/c1-2-24(12-14-5-3-4-6-16(14)20)18-11-17(15-7-10-26-13-15)22-19(23-18)21-8-9-25/h3-6,11,15,25H,2,7-10,12-13H2,1H3,(H,21,22,23). The van der Waals surface area contributed by atoms with E-state index in [9.17, 15) is 4.39 Å². The number of nitrogens with zero attached hydrogens (tertiary/aromatic N) is 3. The van der Waals surface area contributed by atoms with Crippen molar-refractivity contribution in [2.45, 2.75) is 25.8 Å². The highest BCUT2D eigenvalue weighted by Gasteiger charge is 2.22. The van der Waals surface area contributed by atoms with E-state index in [0.29, 0.717) is 37.8 Å². The molecular weight excluding hydrogens is 335 g/mol. The summed E-state index contributed by atoms with van der Waals surface area (Å²) in [5, 5.41) is 12.1. The summed E-state index contributed by atoms with van der Waals surface area (Å²) in [6.45, 7) is 4.89. The van der Waals surface area contributed by atoms with Crippen molar-refractivity contribution in [3.8, 4) is 0 Å². The van der Waals surface area contributed by atoms with E-state index in [1.54, 1.807) is 12.1 Å². The third-order valence-corrected chi connectivity index (χ3v) is 4.50. The Morgan fingerprint density at radius 3 is 2.88 bits per heavy atom. The molecule has 0 aliphatic carbocycles. The van der Waals surface area contributed by atoms with E-state index in [1.807, 2.05) is 24.0 Å². The Morgan fingerprint density at radius 1 is 1.35 bits per heavy atom. The minimum Gasteiger partial charge on any atom is -0.395 e. The number of aliphatic hydroxyl groups excluding tert-OH is 1. The Morgan fingerprint density at radius 2 is 2.19 bits per heavy atom. The third kappa shape index (κ3) is 4.47. The van der Waals surface area contributed by atoms with Crippen LogP contribution in [0.25, 0.3) is 0 Å². The fourth-order valence-corrected chi connectivity index (χ4v) is 3.03. The summed E-state index contributed by atoms with van der Waals surface area (Å²) in [4.78, 5) is 11.2. The lowest BCUT2D eigenvalue weighted by Gasteiger charge is -2.24. The predicted octanol–water partition coefficient (Wildman–Crippen LogP) is 2.55. The first-order valence-corrected chi connectivity index (χ1v) is 9.01. The zero-order valence-electron chi connectivity index (χ0n) is 15.0. The van der Waals surface area contributed by atoms with Crippen LogP contribution in [0.5, 0.6) is 0 Å². The maximum absolute atomic E-state index is 14.1. The van der Waals surface area contributed by atoms with Gasteiger partial charge in [-0.3, -0.25) is 0 Å². The summed E-state index contributed by atoms with van der Waals surface area (Å²) in [7, 11) is 0. The zero-order valence-corrected chi connectivity index (χ0v) is 15.0. The number of anilines is 2. The van der Waals surface area contributed by atoms with Crippen LogP contribution in [0.15, 0.2) is 30.3 Å². The van der Waals surface area contributed by atoms with Gasteiger partial charge in [0.15, 0.2) is 0 Å². The average molecular weight is 360 g/mol. The quantitative estimate of drug-likeness (QED) is 0.754. The van der Waals surface area contributed by atoms with E-state index < -0.39 is 0 Å². The Bertz CT molecular complexity index is 722. The minimum atomic E-state index is -0.219. The van der Waals surface area contributed by atoms with Crippen molar-refractivity contribution in [2.24, 2.45) is 0 Å². The number of ether oxygens (including phenoxy) is 1. The molecule has 0 bridgehead atoms. The van der Waals surface area contributed by atoms with Crippen molar-refractivity contribution >= 4 is 11.8 Å². The van der Waals surface area contributed by atoms with Gasteiger partial charge >= 0.3 is 0 Å². The molecule has 2 N–H and O–H groups in total. The Labute approximate surface area is 153 Å². The van der Waals surface area contributed by atoms with Gasteiger partial charge in [0.1, 0.15) is 11.6 Å². The van der Waals surface area contributed by atoms with Gasteiger partial charge in [0.05, 0.1) is 18.9 Å². The summed E-state index contributed by atoms with van der Waals surface area (Å²) in [6, 6.07) is 8.75. The van der Waals surface area contributed by atoms with Crippen molar-refractivity contribution in [1.29, 1.82) is 0 Å². The molecule has 26 heavy (non-hydrogen) atoms. The largest absolute Gasteiger partial charge is 0.395 e. The number of hydrogen-bond acceptors (Lipinski definition) is 6. The third-order valence-electron chi connectivity index (χ3n) is 4.50. The molecule has 1 aromatic heterocycles. The van der Waals surface area contributed by atoms with Crippen LogP contribution < -0.4 is 10.2 Å². The number of rotatable bonds is 8. The molecule has 1 aliphatic rings. The van der Waals surface area contributed by atoms with Gasteiger partial charge in [-0.15, -0.1) is 0 Å². The number of aromatic nitrogens is 2. The van der Waals surface area contributed by atoms with Crippen LogP contribution in [-0.2, 0) is 11.3 Å². The number of nitrogens with one attached hydrogen (secondary N) is 1. The summed E-state index contributed by atoms with van der Waals surface area (Å²) in [5.41, 5.74) is 1.54. The van der Waals surface area contributed by atoms with E-state index in [2.05, 4.69) is 15.3 Å². The van der Waals surface area contributed by atoms with E-state index >= 15 is 0 Å². The molecule has 140 valence electrons. The highest BCUT2D eigenvalue weighted by Crippen LogP contribution is 2.28. The molecular formula is C19H25FN4O2. The highest BCUT2D eigenvalue weighted by atomic mass is 19.1. The molecule has 1 atom stereocenters. The van der Waals surface area contributed by atoms with Crippen LogP contribution in [0.2, 0.25) is 0 Å². The SMILES string of the molecule is CCN(Cc1ccccc1F)c1cc(C2CCOC2)nc(NCCO)n1. The number of halogens is 1. The second-order valence-electron chi connectivity index (χ2n) is 6.29. The summed E-state index contributed by atoms with van der Waals surface area (Å²) in [6.07, 6.45) is 0.926. The van der Waals surface area contributed by atoms with Gasteiger partial charge in [-0.1, -0.05) is 18.2 Å². The molecule has 0 radical (unpaired) electrons. The maximum Gasteiger partial charge on any atom is 0.224 e. The molecule has 1 aliphatic heterocycles. The van der Waals surface area contributed by atoms with Crippen molar-refractivity contribution < 1.29 is 14.2 Å². The van der Waals surface area contributed by atoms with Crippen LogP contribution in [-0.4, -0.2) is 48.0 Å². The topological polar surface area (TPSA) is 70.5 Å². The fourth-order valence-electron chi connectivity index (χ4n) is 3.03. The van der Waals surface area contributed by atoms with Crippen molar-refractivity contribution in [2.75, 3.05) is 43.1 Å². The van der Waals surface area contributed by atoms with Crippen molar-refractivity contribution in [3.63, 3.8) is 0 Å². The first-order valence-electron chi connectivity index (χ1n) is 9.01. The zero-order chi connectivity index (χ0) is 18.4. The predicted molar refractivity (Wildman–Crippen MR) is 98.9 cm³/mol. The average Bonchev–Trinajstić information content (AvgIpc) is 3.20. The molecule has 6 nitrogen and oxygen atoms in total. The van der Waals surface area contributed by atoms with Gasteiger partial charge in [0.25, 0.3) is 0 Å². The molecule has 1 unspecified atom stereocenters. The van der Waals surface area contributed by atoms with Crippen molar-refractivity contribution in [3.05, 3.63) is 47.4 Å². The minimum absolute atomic E-state index is 0.00216. The molecule has 1 saturated heterocycles. The molecule has 1 fully saturated rings. The molecule has 0 amide bonds. The lowest BCUT2D eigenvalue weighted by atomic mass is 10.0. The van der Waals surface area contributed by atoms with Crippen LogP contribution >= 0.6 is 0 Å². The smallest absolute Gasteiger partial charge is 0.224 e. The molecule has 0 saturated carbocycles. The second-order valence-corrected chi connectivity index (χ2v) is 6.29. The van der Waals surface area contributed by atoms with E-state index in [4.69, 9.17) is 9.84 Å². The monoisotopic (exact) mass is 360 g/mol. The first kappa shape index (κ1) is 18.5. The summed E-state index contributed by atoms with van der Waals surface area (Å²) in [5.74, 6) is 1.24. The molecule has 0 spiro atoms. The van der Waals surface area contributed by atoms with Gasteiger partial charge in [-0.2, -0.15) is 4.98 Å². The molecule has 3 rings (SSSR count). The molecule has 7 heteroatoms. The highest BCUT2D eigenvalue weighted by molar-refractivity contribution is 5.46. The first-order chi connectivity index (χ1) is 12.7. The normalized spacial score (nSPS) is 16.7. The number of benzene rings is 1. The van der Waals surface area contributed by atoms with Gasteiger partial charge < -0.3 is 20.1 Å². The molecule has 2 aromatic rings. The Balaban J connectivity index is 1.89.